The fourth-order valence-electron chi connectivity index (χ4n) is 2.88. The minimum absolute atomic E-state index is 0.119. The minimum Gasteiger partial charge on any atom is -0.467 e. The smallest absolute Gasteiger partial charge is 0.318 e. The maximum absolute atomic E-state index is 12.4. The number of carbonyl (C=O) groups excluding carboxylic acids is 2. The van der Waals surface area contributed by atoms with E-state index in [1.54, 1.807) is 6.92 Å². The summed E-state index contributed by atoms with van der Waals surface area (Å²) in [4.78, 5) is 24.2. The highest BCUT2D eigenvalue weighted by molar-refractivity contribution is 5.84. The molecule has 6 heteroatoms. The molecule has 2 aliphatic rings. The van der Waals surface area contributed by atoms with Gasteiger partial charge >= 0.3 is 12.0 Å². The van der Waals surface area contributed by atoms with Crippen molar-refractivity contribution >= 4 is 12.0 Å². The lowest BCUT2D eigenvalue weighted by Crippen LogP contribution is -2.70. The number of amides is 2. The molecule has 1 aromatic carbocycles. The third-order valence-corrected chi connectivity index (χ3v) is 3.75. The lowest BCUT2D eigenvalue weighted by molar-refractivity contribution is -0.162. The number of hydrogen-bond donors (Lipinski definition) is 2. The topological polar surface area (TPSA) is 76.7 Å². The number of esters is 1. The van der Waals surface area contributed by atoms with Crippen LogP contribution in [0.2, 0.25) is 0 Å². The molecule has 0 unspecified atom stereocenters. The Morgan fingerprint density at radius 1 is 1.52 bits per heavy atom. The summed E-state index contributed by atoms with van der Waals surface area (Å²) in [5.41, 5.74) is -0.370. The number of fused-ring (bicyclic) bond motifs is 4. The molecule has 6 nitrogen and oxygen atoms in total. The Morgan fingerprint density at radius 3 is 3.05 bits per heavy atom. The summed E-state index contributed by atoms with van der Waals surface area (Å²) in [7, 11) is 0. The molecule has 2 N–H and O–H groups in total. The van der Waals surface area contributed by atoms with Crippen LogP contribution >= 0.6 is 0 Å². The normalized spacial score (nSPS) is 29.3. The van der Waals surface area contributed by atoms with Gasteiger partial charge in [-0.2, -0.15) is 0 Å². The Balaban J connectivity index is 2.03. The van der Waals surface area contributed by atoms with Crippen LogP contribution in [-0.4, -0.2) is 24.3 Å². The quantitative estimate of drug-likeness (QED) is 0.652. The predicted octanol–water partition coefficient (Wildman–Crippen LogP) is 1.49. The number of urea groups is 1. The largest absolute Gasteiger partial charge is 0.467 e. The first-order valence-corrected chi connectivity index (χ1v) is 6.69. The SMILES string of the molecule is C=CCOC(=O)[C@H]1[C@@H]2NC(=O)N[C@]1(C)Oc1ccccc12. The third-order valence-electron chi connectivity index (χ3n) is 3.75. The first-order chi connectivity index (χ1) is 10.0. The third kappa shape index (κ3) is 2.12. The van der Waals surface area contributed by atoms with E-state index in [9.17, 15) is 9.59 Å². The van der Waals surface area contributed by atoms with Crippen LogP contribution in [0.5, 0.6) is 5.75 Å². The van der Waals surface area contributed by atoms with E-state index in [0.29, 0.717) is 5.75 Å². The zero-order chi connectivity index (χ0) is 15.0. The van der Waals surface area contributed by atoms with Crippen LogP contribution in [0.4, 0.5) is 4.79 Å². The van der Waals surface area contributed by atoms with Gasteiger partial charge in [-0.25, -0.2) is 4.79 Å². The second-order valence-electron chi connectivity index (χ2n) is 5.22. The summed E-state index contributed by atoms with van der Waals surface area (Å²) in [6.45, 7) is 5.32. The van der Waals surface area contributed by atoms with Gasteiger partial charge < -0.3 is 14.8 Å². The standard InChI is InChI=1S/C15H16N2O4/c1-3-8-20-13(18)11-12-9-6-4-5-7-10(9)21-15(11,2)17-14(19)16-12/h3-7,11-12H,1,8H2,2H3,(H2,16,17,19)/t11-,12-,15-/m1/s1. The number of rotatable bonds is 3. The van der Waals surface area contributed by atoms with E-state index in [-0.39, 0.29) is 12.6 Å². The summed E-state index contributed by atoms with van der Waals surface area (Å²) in [6.07, 6.45) is 1.50. The van der Waals surface area contributed by atoms with E-state index in [1.807, 2.05) is 24.3 Å². The molecule has 2 aliphatic heterocycles. The Hall–Kier alpha value is -2.50. The van der Waals surface area contributed by atoms with Crippen molar-refractivity contribution in [3.63, 3.8) is 0 Å². The van der Waals surface area contributed by atoms with Crippen molar-refractivity contribution in [2.24, 2.45) is 5.92 Å². The maximum atomic E-state index is 12.4. The van der Waals surface area contributed by atoms with Crippen molar-refractivity contribution in [2.75, 3.05) is 6.61 Å². The zero-order valence-electron chi connectivity index (χ0n) is 11.6. The first kappa shape index (κ1) is 13.5. The molecule has 0 aliphatic carbocycles. The molecule has 1 fully saturated rings. The molecule has 1 aromatic rings. The van der Waals surface area contributed by atoms with E-state index >= 15 is 0 Å². The Kier molecular flexibility index (Phi) is 3.08. The van der Waals surface area contributed by atoms with Crippen LogP contribution in [-0.2, 0) is 9.53 Å². The van der Waals surface area contributed by atoms with Gasteiger partial charge in [0.05, 0.1) is 6.04 Å². The minimum atomic E-state index is -1.14. The zero-order valence-corrected chi connectivity index (χ0v) is 11.6. The summed E-state index contributed by atoms with van der Waals surface area (Å²) in [6, 6.07) is 6.47. The number of hydrogen-bond acceptors (Lipinski definition) is 4. The Bertz CT molecular complexity index is 615. The molecule has 21 heavy (non-hydrogen) atoms. The fraction of sp³-hybridized carbons (Fsp3) is 0.333. The van der Waals surface area contributed by atoms with E-state index in [1.165, 1.54) is 6.08 Å². The highest BCUT2D eigenvalue weighted by atomic mass is 16.5. The predicted molar refractivity (Wildman–Crippen MR) is 74.5 cm³/mol. The summed E-state index contributed by atoms with van der Waals surface area (Å²) in [5, 5.41) is 5.45. The Labute approximate surface area is 122 Å². The molecule has 0 aromatic heterocycles. The first-order valence-electron chi connectivity index (χ1n) is 6.69. The van der Waals surface area contributed by atoms with E-state index < -0.39 is 23.7 Å². The van der Waals surface area contributed by atoms with Gasteiger partial charge in [0.1, 0.15) is 18.3 Å². The van der Waals surface area contributed by atoms with Gasteiger partial charge in [-0.05, 0) is 13.0 Å². The van der Waals surface area contributed by atoms with E-state index in [0.717, 1.165) is 5.56 Å². The van der Waals surface area contributed by atoms with Crippen LogP contribution in [0.3, 0.4) is 0 Å². The number of carbonyl (C=O) groups is 2. The highest BCUT2D eigenvalue weighted by Crippen LogP contribution is 2.44. The molecular weight excluding hydrogens is 272 g/mol. The second kappa shape index (κ2) is 4.80. The molecule has 2 bridgehead atoms. The average Bonchev–Trinajstić information content (AvgIpc) is 2.43. The molecular formula is C15H16N2O4. The van der Waals surface area contributed by atoms with Crippen molar-refractivity contribution in [1.82, 2.24) is 10.6 Å². The lowest BCUT2D eigenvalue weighted by atomic mass is 9.80. The van der Waals surface area contributed by atoms with Gasteiger partial charge in [0.15, 0.2) is 5.72 Å². The molecule has 2 amide bonds. The number of ether oxygens (including phenoxy) is 2. The van der Waals surface area contributed by atoms with Crippen molar-refractivity contribution in [3.05, 3.63) is 42.5 Å². The summed E-state index contributed by atoms with van der Waals surface area (Å²) < 4.78 is 11.0. The molecule has 0 radical (unpaired) electrons. The van der Waals surface area contributed by atoms with Crippen LogP contribution in [0.15, 0.2) is 36.9 Å². The van der Waals surface area contributed by atoms with E-state index in [4.69, 9.17) is 9.47 Å². The highest BCUT2D eigenvalue weighted by Gasteiger charge is 2.56. The summed E-state index contributed by atoms with van der Waals surface area (Å²) >= 11 is 0. The van der Waals surface area contributed by atoms with Crippen molar-refractivity contribution in [3.8, 4) is 5.75 Å². The van der Waals surface area contributed by atoms with Crippen molar-refractivity contribution in [1.29, 1.82) is 0 Å². The molecule has 2 heterocycles. The van der Waals surface area contributed by atoms with Crippen LogP contribution in [0.1, 0.15) is 18.5 Å². The van der Waals surface area contributed by atoms with Crippen molar-refractivity contribution < 1.29 is 19.1 Å². The molecule has 3 rings (SSSR count). The van der Waals surface area contributed by atoms with Crippen LogP contribution in [0, 0.1) is 5.92 Å². The fourth-order valence-corrected chi connectivity index (χ4v) is 2.88. The van der Waals surface area contributed by atoms with Gasteiger partial charge in [0, 0.05) is 5.56 Å². The molecule has 1 saturated heterocycles. The van der Waals surface area contributed by atoms with Gasteiger partial charge in [0.25, 0.3) is 0 Å². The molecule has 0 saturated carbocycles. The van der Waals surface area contributed by atoms with Crippen LogP contribution < -0.4 is 15.4 Å². The molecule has 0 spiro atoms. The van der Waals surface area contributed by atoms with Gasteiger partial charge in [-0.1, -0.05) is 30.9 Å². The number of nitrogens with one attached hydrogen (secondary N) is 2. The lowest BCUT2D eigenvalue weighted by Gasteiger charge is -2.48. The summed E-state index contributed by atoms with van der Waals surface area (Å²) in [5.74, 6) is -0.472. The van der Waals surface area contributed by atoms with E-state index in [2.05, 4.69) is 17.2 Å². The molecule has 110 valence electrons. The average molecular weight is 288 g/mol. The number of para-hydroxylation sites is 1. The molecule has 3 atom stereocenters. The Morgan fingerprint density at radius 2 is 2.29 bits per heavy atom. The van der Waals surface area contributed by atoms with Crippen LogP contribution in [0.25, 0.3) is 0 Å². The van der Waals surface area contributed by atoms with Gasteiger partial charge in [-0.3, -0.25) is 10.1 Å². The van der Waals surface area contributed by atoms with Gasteiger partial charge in [0.2, 0.25) is 0 Å². The van der Waals surface area contributed by atoms with Gasteiger partial charge in [-0.15, -0.1) is 0 Å². The maximum Gasteiger partial charge on any atom is 0.318 e. The second-order valence-corrected chi connectivity index (χ2v) is 5.22. The monoisotopic (exact) mass is 288 g/mol. The van der Waals surface area contributed by atoms with Crippen molar-refractivity contribution in [2.45, 2.75) is 18.7 Å². The number of benzene rings is 1.